The van der Waals surface area contributed by atoms with Crippen LogP contribution in [0.3, 0.4) is 0 Å². The highest BCUT2D eigenvalue weighted by molar-refractivity contribution is 7.11. The second kappa shape index (κ2) is 14.2. The summed E-state index contributed by atoms with van der Waals surface area (Å²) in [5.41, 5.74) is 0.364. The highest BCUT2D eigenvalue weighted by Gasteiger charge is 2.10. The van der Waals surface area contributed by atoms with Crippen molar-refractivity contribution in [1.82, 2.24) is 8.86 Å². The number of hydrogen-bond acceptors (Lipinski definition) is 3. The van der Waals surface area contributed by atoms with Crippen LogP contribution in [0.4, 0.5) is 10.5 Å². The van der Waals surface area contributed by atoms with Gasteiger partial charge in [-0.3, -0.25) is 8.75 Å². The van der Waals surface area contributed by atoms with E-state index in [9.17, 15) is 9.59 Å². The van der Waals surface area contributed by atoms with Gasteiger partial charge in [0.15, 0.2) is 0 Å². The van der Waals surface area contributed by atoms with E-state index in [0.29, 0.717) is 20.1 Å². The van der Waals surface area contributed by atoms with Crippen LogP contribution in [0.2, 0.25) is 19.4 Å². The molecular weight excluding hydrogens is 488 g/mol. The summed E-state index contributed by atoms with van der Waals surface area (Å²) in [4.78, 5) is 24.2. The van der Waals surface area contributed by atoms with Crippen LogP contribution in [0.25, 0.3) is 0 Å². The van der Waals surface area contributed by atoms with Crippen molar-refractivity contribution in [1.29, 1.82) is 0 Å². The maximum Gasteiger partial charge on any atom is 0.321 e. The van der Waals surface area contributed by atoms with E-state index in [0.717, 1.165) is 13.0 Å². The van der Waals surface area contributed by atoms with Crippen LogP contribution in [0.5, 0.6) is 0 Å². The number of nitrogens with one attached hydrogen (secondary N) is 1. The number of urea groups is 1. The molecule has 2 amide bonds. The number of carbonyl (C=O) groups excluding carboxylic acids is 1. The van der Waals surface area contributed by atoms with Gasteiger partial charge in [-0.15, -0.1) is 0 Å². The summed E-state index contributed by atoms with van der Waals surface area (Å²) >= 11 is 24.4. The zero-order valence-corrected chi connectivity index (χ0v) is 21.2. The Balaban J connectivity index is 0.000000303. The molecule has 0 fully saturated rings. The predicted octanol–water partition coefficient (Wildman–Crippen LogP) is 7.66. The summed E-state index contributed by atoms with van der Waals surface area (Å²) < 4.78 is 2.04. The molecule has 168 valence electrons. The van der Waals surface area contributed by atoms with Crippen LogP contribution in [0.15, 0.2) is 23.0 Å². The normalized spacial score (nSPS) is 10.4. The van der Waals surface area contributed by atoms with Gasteiger partial charge in [-0.1, -0.05) is 91.5 Å². The molecule has 1 heterocycles. The fourth-order valence-corrected chi connectivity index (χ4v) is 4.07. The number of anilines is 1. The Hall–Kier alpha value is -0.920. The smallest absolute Gasteiger partial charge is 0.321 e. The molecule has 1 aromatic carbocycles. The number of aromatic nitrogens is 1. The first-order chi connectivity index (χ1) is 14.2. The van der Waals surface area contributed by atoms with Crippen LogP contribution in [0, 0.1) is 0 Å². The van der Waals surface area contributed by atoms with E-state index in [2.05, 4.69) is 12.2 Å². The first-order valence-corrected chi connectivity index (χ1v) is 11.9. The number of benzene rings is 1. The Kier molecular flexibility index (Phi) is 12.8. The van der Waals surface area contributed by atoms with E-state index in [4.69, 9.17) is 46.4 Å². The van der Waals surface area contributed by atoms with Crippen molar-refractivity contribution in [2.24, 2.45) is 0 Å². The van der Waals surface area contributed by atoms with Crippen molar-refractivity contribution in [3.05, 3.63) is 48.0 Å². The Labute approximate surface area is 202 Å². The fourth-order valence-electron chi connectivity index (χ4n) is 2.38. The van der Waals surface area contributed by atoms with Crippen molar-refractivity contribution >= 4 is 69.7 Å². The van der Waals surface area contributed by atoms with Crippen LogP contribution in [0.1, 0.15) is 45.4 Å². The summed E-state index contributed by atoms with van der Waals surface area (Å²) in [5.74, 6) is 0. The zero-order chi connectivity index (χ0) is 22.7. The molecule has 10 heteroatoms. The molecule has 0 aliphatic carbocycles. The second-order valence-corrected chi connectivity index (χ2v) is 9.58. The summed E-state index contributed by atoms with van der Waals surface area (Å²) in [6, 6.07) is 4.83. The molecule has 0 aliphatic rings. The zero-order valence-electron chi connectivity index (χ0n) is 17.3. The number of nitrogens with zero attached hydrogens (tertiary/aromatic N) is 2. The predicted molar refractivity (Wildman–Crippen MR) is 131 cm³/mol. The minimum absolute atomic E-state index is 0.148. The number of amides is 2. The average molecular weight is 515 g/mol. The van der Waals surface area contributed by atoms with Crippen molar-refractivity contribution in [2.45, 2.75) is 52.0 Å². The minimum atomic E-state index is -0.242. The van der Waals surface area contributed by atoms with E-state index < -0.39 is 0 Å². The molecule has 2 rings (SSSR count). The molecule has 0 radical (unpaired) electrons. The highest BCUT2D eigenvalue weighted by atomic mass is 35.5. The summed E-state index contributed by atoms with van der Waals surface area (Å²) in [6.45, 7) is 2.94. The topological polar surface area (TPSA) is 54.3 Å². The quantitative estimate of drug-likeness (QED) is 0.367. The molecule has 0 spiro atoms. The van der Waals surface area contributed by atoms with Gasteiger partial charge in [-0.2, -0.15) is 0 Å². The third-order valence-corrected chi connectivity index (χ3v) is 6.80. The average Bonchev–Trinajstić information content (AvgIpc) is 2.95. The monoisotopic (exact) mass is 513 g/mol. The Morgan fingerprint density at radius 2 is 1.67 bits per heavy atom. The Morgan fingerprint density at radius 3 is 2.23 bits per heavy atom. The van der Waals surface area contributed by atoms with Gasteiger partial charge in [-0.25, -0.2) is 4.79 Å². The van der Waals surface area contributed by atoms with E-state index in [-0.39, 0.29) is 16.6 Å². The van der Waals surface area contributed by atoms with Gasteiger partial charge in [0.2, 0.25) is 0 Å². The number of halogens is 4. The molecule has 0 saturated heterocycles. The van der Waals surface area contributed by atoms with E-state index in [1.54, 1.807) is 36.3 Å². The van der Waals surface area contributed by atoms with Gasteiger partial charge in [0.05, 0.1) is 15.7 Å². The van der Waals surface area contributed by atoms with Crippen molar-refractivity contribution in [2.75, 3.05) is 19.4 Å². The van der Waals surface area contributed by atoms with E-state index >= 15 is 0 Å². The summed E-state index contributed by atoms with van der Waals surface area (Å²) in [5, 5.41) is 3.56. The third-order valence-electron chi connectivity index (χ3n) is 4.09. The van der Waals surface area contributed by atoms with Gasteiger partial charge in [-0.05, 0) is 30.1 Å². The SMILES string of the molecule is CCCCCCCCn1sc(Cl)c(Cl)c1=O.CN(C)C(=O)Nc1cccc(Cl)c1Cl. The summed E-state index contributed by atoms with van der Waals surface area (Å²) in [7, 11) is 3.29. The van der Waals surface area contributed by atoms with Crippen LogP contribution < -0.4 is 10.9 Å². The van der Waals surface area contributed by atoms with Crippen molar-refractivity contribution in [3.63, 3.8) is 0 Å². The largest absolute Gasteiger partial charge is 0.331 e. The van der Waals surface area contributed by atoms with Crippen LogP contribution in [-0.4, -0.2) is 29.0 Å². The van der Waals surface area contributed by atoms with Gasteiger partial charge >= 0.3 is 6.03 Å². The lowest BCUT2D eigenvalue weighted by Crippen LogP contribution is -2.27. The van der Waals surface area contributed by atoms with E-state index in [1.165, 1.54) is 48.5 Å². The molecule has 1 N–H and O–H groups in total. The molecule has 1 aromatic heterocycles. The fraction of sp³-hybridized carbons (Fsp3) is 0.500. The molecule has 0 aliphatic heterocycles. The Bertz CT molecular complexity index is 868. The molecule has 0 unspecified atom stereocenters. The lowest BCUT2D eigenvalue weighted by molar-refractivity contribution is 0.230. The van der Waals surface area contributed by atoms with Gasteiger partial charge in [0.1, 0.15) is 9.36 Å². The molecule has 5 nitrogen and oxygen atoms in total. The standard InChI is InChI=1S/C11H17Cl2NOS.C9H10Cl2N2O/c1-2-3-4-5-6-7-8-14-11(15)9(12)10(13)16-14;1-13(2)9(14)12-7-5-3-4-6(10)8(7)11/h2-8H2,1H3;3-5H,1-2H3,(H,12,14). The van der Waals surface area contributed by atoms with Crippen molar-refractivity contribution < 1.29 is 4.79 Å². The first-order valence-electron chi connectivity index (χ1n) is 9.66. The molecule has 30 heavy (non-hydrogen) atoms. The Morgan fingerprint density at radius 1 is 1.03 bits per heavy atom. The lowest BCUT2D eigenvalue weighted by Gasteiger charge is -2.13. The molecule has 0 atom stereocenters. The maximum absolute atomic E-state index is 11.5. The number of rotatable bonds is 8. The van der Waals surface area contributed by atoms with Crippen LogP contribution in [-0.2, 0) is 6.54 Å². The summed E-state index contributed by atoms with van der Waals surface area (Å²) in [6.07, 6.45) is 7.29. The molecular formula is C20H27Cl4N3O2S. The molecule has 0 saturated carbocycles. The molecule has 0 bridgehead atoms. The van der Waals surface area contributed by atoms with Crippen LogP contribution >= 0.6 is 57.9 Å². The number of unbranched alkanes of at least 4 members (excludes halogenated alkanes) is 5. The third kappa shape index (κ3) is 9.06. The van der Waals surface area contributed by atoms with Gasteiger partial charge < -0.3 is 10.2 Å². The van der Waals surface area contributed by atoms with Gasteiger partial charge in [0.25, 0.3) is 5.56 Å². The number of carbonyl (C=O) groups is 1. The minimum Gasteiger partial charge on any atom is -0.331 e. The first kappa shape index (κ1) is 27.1. The number of aryl methyl sites for hydroxylation is 1. The highest BCUT2D eigenvalue weighted by Crippen LogP contribution is 2.29. The number of hydrogen-bond donors (Lipinski definition) is 1. The second-order valence-electron chi connectivity index (χ2n) is 6.78. The van der Waals surface area contributed by atoms with Crippen molar-refractivity contribution in [3.8, 4) is 0 Å². The van der Waals surface area contributed by atoms with Gasteiger partial charge in [0, 0.05) is 20.6 Å². The maximum atomic E-state index is 11.5. The lowest BCUT2D eigenvalue weighted by atomic mass is 10.1. The molecule has 2 aromatic rings. The van der Waals surface area contributed by atoms with E-state index in [1.807, 2.05) is 0 Å².